The van der Waals surface area contributed by atoms with Gasteiger partial charge in [0.15, 0.2) is 0 Å². The van der Waals surface area contributed by atoms with Gasteiger partial charge in [-0.1, -0.05) is 84.9 Å². The highest BCUT2D eigenvalue weighted by molar-refractivity contribution is 5.99. The van der Waals surface area contributed by atoms with E-state index in [4.69, 9.17) is 15.9 Å². The van der Waals surface area contributed by atoms with E-state index in [0.29, 0.717) is 0 Å². The fraction of sp³-hybridized carbons (Fsp3) is 0.133. The van der Waals surface area contributed by atoms with Crippen LogP contribution in [0.5, 0.6) is 0 Å². The smallest absolute Gasteiger partial charge is 0.137 e. The molecule has 5 aromatic rings. The Bertz CT molecular complexity index is 1410. The van der Waals surface area contributed by atoms with Gasteiger partial charge < -0.3 is 20.8 Å². The van der Waals surface area contributed by atoms with Gasteiger partial charge >= 0.3 is 0 Å². The van der Waals surface area contributed by atoms with Gasteiger partial charge in [-0.25, -0.2) is 0 Å². The lowest BCUT2D eigenvalue weighted by molar-refractivity contribution is 0.445. The number of nitrogens with two attached hydrogens (primary N) is 2. The van der Waals surface area contributed by atoms with Crippen molar-refractivity contribution in [2.24, 2.45) is 11.5 Å². The summed E-state index contributed by atoms with van der Waals surface area (Å²) in [4.78, 5) is 2.38. The van der Waals surface area contributed by atoms with Gasteiger partial charge in [-0.15, -0.1) is 24.8 Å². The standard InChI is InChI=1S/C30H27N3O.2ClH/c31-28-24-14-8-7-13-23(24)27-25-16-15-22(17-26(25)34-30(27)29(28)32)33(18-20-9-3-1-4-10-20)19-21-11-5-2-6-12-21;;/h1-17,28-29H,18-19,31-32H2;2*1H. The van der Waals surface area contributed by atoms with Crippen molar-refractivity contribution in [3.63, 3.8) is 0 Å². The first-order chi connectivity index (χ1) is 16.7. The SMILES string of the molecule is Cl.Cl.NC1c2ccccc2-c2c(oc3cc(N(Cc4ccccc4)Cc4ccccc4)ccc23)C1N. The van der Waals surface area contributed by atoms with E-state index in [9.17, 15) is 0 Å². The first kappa shape index (κ1) is 25.8. The summed E-state index contributed by atoms with van der Waals surface area (Å²) < 4.78 is 6.39. The maximum absolute atomic E-state index is 6.54. The summed E-state index contributed by atoms with van der Waals surface area (Å²) in [6, 6.07) is 35.2. The number of fused-ring (bicyclic) bond motifs is 5. The molecule has 4 aromatic carbocycles. The van der Waals surface area contributed by atoms with Crippen LogP contribution in [0.3, 0.4) is 0 Å². The lowest BCUT2D eigenvalue weighted by Gasteiger charge is -2.27. The fourth-order valence-electron chi connectivity index (χ4n) is 5.03. The summed E-state index contributed by atoms with van der Waals surface area (Å²) in [6.07, 6.45) is 0. The molecule has 0 amide bonds. The molecule has 0 aliphatic heterocycles. The summed E-state index contributed by atoms with van der Waals surface area (Å²) in [5, 5.41) is 1.08. The Hall–Kier alpha value is -3.28. The Morgan fingerprint density at radius 2 is 1.25 bits per heavy atom. The van der Waals surface area contributed by atoms with Gasteiger partial charge in [0.2, 0.25) is 0 Å². The quantitative estimate of drug-likeness (QED) is 0.259. The molecule has 2 atom stereocenters. The summed E-state index contributed by atoms with van der Waals surface area (Å²) in [5.74, 6) is 0.774. The molecule has 184 valence electrons. The molecule has 0 saturated heterocycles. The Kier molecular flexibility index (Phi) is 7.72. The topological polar surface area (TPSA) is 68.4 Å². The number of halogens is 2. The van der Waals surface area contributed by atoms with E-state index in [1.54, 1.807) is 0 Å². The third kappa shape index (κ3) is 4.61. The number of furan rings is 1. The number of rotatable bonds is 5. The minimum absolute atomic E-state index is 0. The van der Waals surface area contributed by atoms with Crippen LogP contribution in [0.4, 0.5) is 5.69 Å². The molecule has 6 heteroatoms. The van der Waals surface area contributed by atoms with Crippen molar-refractivity contribution in [3.8, 4) is 11.1 Å². The van der Waals surface area contributed by atoms with Crippen molar-refractivity contribution in [3.05, 3.63) is 126 Å². The van der Waals surface area contributed by atoms with Crippen LogP contribution >= 0.6 is 24.8 Å². The predicted molar refractivity (Wildman–Crippen MR) is 153 cm³/mol. The van der Waals surface area contributed by atoms with E-state index in [-0.39, 0.29) is 36.9 Å². The number of anilines is 1. The molecule has 0 spiro atoms. The Morgan fingerprint density at radius 3 is 1.89 bits per heavy atom. The van der Waals surface area contributed by atoms with E-state index in [1.165, 1.54) is 11.1 Å². The lowest BCUT2D eigenvalue weighted by atomic mass is 9.83. The molecular weight excluding hydrogens is 489 g/mol. The molecule has 1 aromatic heterocycles. The predicted octanol–water partition coefficient (Wildman–Crippen LogP) is 7.16. The van der Waals surface area contributed by atoms with Gasteiger partial charge in [0.25, 0.3) is 0 Å². The Morgan fingerprint density at radius 1 is 0.667 bits per heavy atom. The van der Waals surface area contributed by atoms with Crippen LogP contribution in [0.1, 0.15) is 34.5 Å². The minimum Gasteiger partial charge on any atom is -0.459 e. The molecule has 2 unspecified atom stereocenters. The average Bonchev–Trinajstić information content (AvgIpc) is 3.27. The van der Waals surface area contributed by atoms with Crippen LogP contribution in [0, 0.1) is 0 Å². The van der Waals surface area contributed by atoms with Crippen molar-refractivity contribution < 1.29 is 4.42 Å². The highest BCUT2D eigenvalue weighted by Crippen LogP contribution is 2.47. The molecule has 0 bridgehead atoms. The molecule has 1 aliphatic carbocycles. The van der Waals surface area contributed by atoms with Crippen molar-refractivity contribution in [2.45, 2.75) is 25.2 Å². The van der Waals surface area contributed by atoms with E-state index in [2.05, 4.69) is 95.9 Å². The first-order valence-corrected chi connectivity index (χ1v) is 11.7. The summed E-state index contributed by atoms with van der Waals surface area (Å²) in [6.45, 7) is 1.60. The van der Waals surface area contributed by atoms with Crippen LogP contribution in [0.2, 0.25) is 0 Å². The van der Waals surface area contributed by atoms with Gasteiger partial charge in [0.05, 0.1) is 12.1 Å². The molecule has 1 aliphatic rings. The van der Waals surface area contributed by atoms with Gasteiger partial charge in [0.1, 0.15) is 11.3 Å². The second-order valence-electron chi connectivity index (χ2n) is 8.99. The van der Waals surface area contributed by atoms with Gasteiger partial charge in [0, 0.05) is 35.8 Å². The Balaban J connectivity index is 0.00000152. The lowest BCUT2D eigenvalue weighted by Crippen LogP contribution is -2.29. The molecule has 0 radical (unpaired) electrons. The molecule has 1 heterocycles. The normalized spacial score (nSPS) is 15.8. The first-order valence-electron chi connectivity index (χ1n) is 11.7. The van der Waals surface area contributed by atoms with Crippen LogP contribution in [-0.4, -0.2) is 0 Å². The monoisotopic (exact) mass is 517 g/mol. The maximum Gasteiger partial charge on any atom is 0.137 e. The number of benzene rings is 4. The molecule has 36 heavy (non-hydrogen) atoms. The third-order valence-electron chi connectivity index (χ3n) is 6.78. The summed E-state index contributed by atoms with van der Waals surface area (Å²) >= 11 is 0. The third-order valence-corrected chi connectivity index (χ3v) is 6.78. The van der Waals surface area contributed by atoms with Gasteiger partial charge in [-0.2, -0.15) is 0 Å². The van der Waals surface area contributed by atoms with E-state index in [1.807, 2.05) is 12.1 Å². The van der Waals surface area contributed by atoms with Crippen LogP contribution in [0.15, 0.2) is 108 Å². The van der Waals surface area contributed by atoms with E-state index in [0.717, 1.165) is 52.2 Å². The van der Waals surface area contributed by atoms with E-state index < -0.39 is 0 Å². The average molecular weight is 518 g/mol. The molecule has 4 N–H and O–H groups in total. The second kappa shape index (κ2) is 10.8. The number of hydrogen-bond acceptors (Lipinski definition) is 4. The minimum atomic E-state index is -0.370. The van der Waals surface area contributed by atoms with Crippen molar-refractivity contribution in [2.75, 3.05) is 4.90 Å². The zero-order chi connectivity index (χ0) is 23.1. The molecule has 4 nitrogen and oxygen atoms in total. The van der Waals surface area contributed by atoms with Gasteiger partial charge in [-0.05, 0) is 34.4 Å². The summed E-state index contributed by atoms with van der Waals surface area (Å²) in [5.41, 5.74) is 20.8. The maximum atomic E-state index is 6.54. The van der Waals surface area contributed by atoms with Crippen molar-refractivity contribution >= 4 is 41.5 Å². The van der Waals surface area contributed by atoms with Crippen LogP contribution in [-0.2, 0) is 13.1 Å². The van der Waals surface area contributed by atoms with Gasteiger partial charge in [-0.3, -0.25) is 0 Å². The Labute approximate surface area is 223 Å². The highest BCUT2D eigenvalue weighted by Gasteiger charge is 2.33. The fourth-order valence-corrected chi connectivity index (χ4v) is 5.03. The highest BCUT2D eigenvalue weighted by atomic mass is 35.5. The van der Waals surface area contributed by atoms with Crippen LogP contribution in [0.25, 0.3) is 22.1 Å². The van der Waals surface area contributed by atoms with Crippen LogP contribution < -0.4 is 16.4 Å². The number of nitrogens with zero attached hydrogens (tertiary/aromatic N) is 1. The molecule has 0 fully saturated rings. The second-order valence-corrected chi connectivity index (χ2v) is 8.99. The zero-order valence-corrected chi connectivity index (χ0v) is 21.3. The number of hydrogen-bond donors (Lipinski definition) is 2. The largest absolute Gasteiger partial charge is 0.459 e. The van der Waals surface area contributed by atoms with Crippen molar-refractivity contribution in [1.29, 1.82) is 0 Å². The van der Waals surface area contributed by atoms with Crippen molar-refractivity contribution in [1.82, 2.24) is 0 Å². The van der Waals surface area contributed by atoms with E-state index >= 15 is 0 Å². The molecular formula is C30H29Cl2N3O. The zero-order valence-electron chi connectivity index (χ0n) is 19.7. The molecule has 0 saturated carbocycles. The summed E-state index contributed by atoms with van der Waals surface area (Å²) in [7, 11) is 0. The molecule has 6 rings (SSSR count).